The minimum absolute atomic E-state index is 0.144. The van der Waals surface area contributed by atoms with E-state index in [1.807, 2.05) is 0 Å². The standard InChI is InChI=1S/C18H26F3N5OS/c1-2-3-8-22-17-23-9-13(16-25-14(10-28-16)18(19,20)21)15(26-17)24-11-4-6-12(27)7-5-11/h9-12,17,22,24,26-27H,2-8H2,1H3/t11-,12-,17?. The van der Waals surface area contributed by atoms with Gasteiger partial charge in [0.25, 0.3) is 0 Å². The third-order valence-electron chi connectivity index (χ3n) is 4.84. The first kappa shape index (κ1) is 21.1. The predicted octanol–water partition coefficient (Wildman–Crippen LogP) is 3.07. The Labute approximate surface area is 166 Å². The Bertz CT molecular complexity index is 710. The largest absolute Gasteiger partial charge is 0.434 e. The van der Waals surface area contributed by atoms with Crippen LogP contribution in [0, 0.1) is 0 Å². The van der Waals surface area contributed by atoms with Crippen LogP contribution < -0.4 is 16.0 Å². The van der Waals surface area contributed by atoms with E-state index in [2.05, 4.69) is 32.9 Å². The fourth-order valence-electron chi connectivity index (χ4n) is 3.22. The molecule has 0 spiro atoms. The van der Waals surface area contributed by atoms with E-state index in [0.717, 1.165) is 48.9 Å². The molecule has 1 unspecified atom stereocenters. The lowest BCUT2D eigenvalue weighted by molar-refractivity contribution is -0.140. The van der Waals surface area contributed by atoms with Gasteiger partial charge in [0.15, 0.2) is 12.0 Å². The Balaban J connectivity index is 1.79. The Morgan fingerprint density at radius 2 is 2.04 bits per heavy atom. The lowest BCUT2D eigenvalue weighted by atomic mass is 9.93. The van der Waals surface area contributed by atoms with Crippen molar-refractivity contribution in [2.45, 2.75) is 70.1 Å². The van der Waals surface area contributed by atoms with Crippen LogP contribution in [-0.4, -0.2) is 41.3 Å². The van der Waals surface area contributed by atoms with Gasteiger partial charge >= 0.3 is 6.18 Å². The summed E-state index contributed by atoms with van der Waals surface area (Å²) in [6.45, 7) is 2.89. The second kappa shape index (κ2) is 9.23. The molecule has 1 aliphatic heterocycles. The highest BCUT2D eigenvalue weighted by molar-refractivity contribution is 7.11. The zero-order valence-electron chi connectivity index (χ0n) is 15.7. The van der Waals surface area contributed by atoms with Gasteiger partial charge in [0.05, 0.1) is 11.7 Å². The van der Waals surface area contributed by atoms with Gasteiger partial charge in [-0.25, -0.2) is 4.98 Å². The van der Waals surface area contributed by atoms with Crippen molar-refractivity contribution in [2.24, 2.45) is 4.99 Å². The van der Waals surface area contributed by atoms with Crippen LogP contribution in [0.5, 0.6) is 0 Å². The first-order valence-corrected chi connectivity index (χ1v) is 10.5. The molecule has 2 heterocycles. The maximum atomic E-state index is 12.9. The van der Waals surface area contributed by atoms with Crippen molar-refractivity contribution in [1.29, 1.82) is 0 Å². The molecule has 0 saturated heterocycles. The quantitative estimate of drug-likeness (QED) is 0.513. The number of aliphatic hydroxyl groups is 1. The summed E-state index contributed by atoms with van der Waals surface area (Å²) in [5.74, 6) is 0.633. The number of unbranched alkanes of at least 4 members (excludes halogenated alkanes) is 1. The van der Waals surface area contributed by atoms with Crippen LogP contribution in [0.4, 0.5) is 13.2 Å². The fourth-order valence-corrected chi connectivity index (χ4v) is 4.06. The molecule has 2 aliphatic rings. The first-order chi connectivity index (χ1) is 13.4. The lowest BCUT2D eigenvalue weighted by Crippen LogP contribution is -2.48. The third kappa shape index (κ3) is 5.45. The number of halogens is 3. The van der Waals surface area contributed by atoms with Crippen molar-refractivity contribution in [3.05, 3.63) is 21.9 Å². The van der Waals surface area contributed by atoms with Gasteiger partial charge < -0.3 is 15.7 Å². The van der Waals surface area contributed by atoms with Gasteiger partial charge in [-0.3, -0.25) is 10.3 Å². The molecule has 1 aromatic heterocycles. The molecular formula is C18H26F3N5OS. The number of allylic oxidation sites excluding steroid dienone is 1. The molecule has 28 heavy (non-hydrogen) atoms. The predicted molar refractivity (Wildman–Crippen MR) is 104 cm³/mol. The Morgan fingerprint density at radius 1 is 1.29 bits per heavy atom. The van der Waals surface area contributed by atoms with E-state index in [1.54, 1.807) is 6.21 Å². The number of aromatic nitrogens is 1. The molecule has 4 N–H and O–H groups in total. The van der Waals surface area contributed by atoms with Gasteiger partial charge in [-0.05, 0) is 38.6 Å². The molecule has 1 fully saturated rings. The van der Waals surface area contributed by atoms with Crippen molar-refractivity contribution in [3.63, 3.8) is 0 Å². The summed E-state index contributed by atoms with van der Waals surface area (Å²) in [5.41, 5.74) is -0.364. The summed E-state index contributed by atoms with van der Waals surface area (Å²) in [7, 11) is 0. The number of aliphatic hydroxyl groups excluding tert-OH is 1. The van der Waals surface area contributed by atoms with E-state index in [9.17, 15) is 18.3 Å². The molecule has 0 aromatic carbocycles. The Morgan fingerprint density at radius 3 is 2.68 bits per heavy atom. The number of thiazole rings is 1. The second-order valence-electron chi connectivity index (χ2n) is 7.11. The monoisotopic (exact) mass is 417 g/mol. The molecule has 156 valence electrons. The number of alkyl halides is 3. The second-order valence-corrected chi connectivity index (χ2v) is 7.96. The molecule has 10 heteroatoms. The van der Waals surface area contributed by atoms with E-state index in [-0.39, 0.29) is 23.4 Å². The normalized spacial score (nSPS) is 25.7. The highest BCUT2D eigenvalue weighted by atomic mass is 32.1. The molecule has 1 atom stereocenters. The number of hydrogen-bond acceptors (Lipinski definition) is 7. The highest BCUT2D eigenvalue weighted by Crippen LogP contribution is 2.32. The average molecular weight is 418 g/mol. The maximum absolute atomic E-state index is 12.9. The van der Waals surface area contributed by atoms with Crippen LogP contribution >= 0.6 is 11.3 Å². The number of nitrogens with zero attached hydrogens (tertiary/aromatic N) is 2. The number of hydrogen-bond donors (Lipinski definition) is 4. The third-order valence-corrected chi connectivity index (χ3v) is 5.72. The van der Waals surface area contributed by atoms with Crippen molar-refractivity contribution in [1.82, 2.24) is 20.9 Å². The van der Waals surface area contributed by atoms with Gasteiger partial charge in [-0.2, -0.15) is 13.2 Å². The molecule has 0 amide bonds. The van der Waals surface area contributed by atoms with Crippen LogP contribution in [0.2, 0.25) is 0 Å². The first-order valence-electron chi connectivity index (χ1n) is 9.62. The maximum Gasteiger partial charge on any atom is 0.434 e. The van der Waals surface area contributed by atoms with Gasteiger partial charge in [-0.1, -0.05) is 13.3 Å². The molecular weight excluding hydrogens is 391 g/mol. The average Bonchev–Trinajstić information content (AvgIpc) is 3.14. The van der Waals surface area contributed by atoms with Crippen LogP contribution in [0.15, 0.2) is 16.2 Å². The lowest BCUT2D eigenvalue weighted by Gasteiger charge is -2.32. The summed E-state index contributed by atoms with van der Waals surface area (Å²) in [5, 5.41) is 20.9. The van der Waals surface area contributed by atoms with E-state index in [0.29, 0.717) is 24.2 Å². The van der Waals surface area contributed by atoms with Gasteiger partial charge in [0, 0.05) is 17.6 Å². The molecule has 3 rings (SSSR count). The van der Waals surface area contributed by atoms with Crippen molar-refractivity contribution < 1.29 is 18.3 Å². The van der Waals surface area contributed by atoms with E-state index in [1.165, 1.54) is 0 Å². The number of nitrogens with one attached hydrogen (secondary N) is 3. The van der Waals surface area contributed by atoms with Gasteiger partial charge in [0.1, 0.15) is 10.8 Å². The van der Waals surface area contributed by atoms with Crippen molar-refractivity contribution in [2.75, 3.05) is 6.54 Å². The molecule has 1 saturated carbocycles. The summed E-state index contributed by atoms with van der Waals surface area (Å²) >= 11 is 0.951. The van der Waals surface area contributed by atoms with E-state index in [4.69, 9.17) is 0 Å². The number of aliphatic imine (C=N–C) groups is 1. The molecule has 0 bridgehead atoms. The molecule has 1 aliphatic carbocycles. The zero-order valence-corrected chi connectivity index (χ0v) is 16.5. The van der Waals surface area contributed by atoms with E-state index < -0.39 is 11.9 Å². The minimum Gasteiger partial charge on any atom is -0.393 e. The smallest absolute Gasteiger partial charge is 0.393 e. The van der Waals surface area contributed by atoms with Gasteiger partial charge in [0.2, 0.25) is 0 Å². The summed E-state index contributed by atoms with van der Waals surface area (Å²) in [4.78, 5) is 8.15. The summed E-state index contributed by atoms with van der Waals surface area (Å²) < 4.78 is 38.8. The highest BCUT2D eigenvalue weighted by Gasteiger charge is 2.34. The SMILES string of the molecule is CCCCNC1N=CC(c2nc(C(F)(F)F)cs2)=C(N[C@H]2CC[C@H](O)CC2)N1. The van der Waals surface area contributed by atoms with Crippen LogP contribution in [0.25, 0.3) is 5.57 Å². The summed E-state index contributed by atoms with van der Waals surface area (Å²) in [6.07, 6.45) is 1.59. The topological polar surface area (TPSA) is 81.6 Å². The fraction of sp³-hybridized carbons (Fsp3) is 0.667. The van der Waals surface area contributed by atoms with Crippen molar-refractivity contribution in [3.8, 4) is 0 Å². The van der Waals surface area contributed by atoms with Gasteiger partial charge in [-0.15, -0.1) is 11.3 Å². The molecule has 6 nitrogen and oxygen atoms in total. The van der Waals surface area contributed by atoms with Crippen LogP contribution in [0.3, 0.4) is 0 Å². The molecule has 0 radical (unpaired) electrons. The Kier molecular flexibility index (Phi) is 6.95. The van der Waals surface area contributed by atoms with E-state index >= 15 is 0 Å². The van der Waals surface area contributed by atoms with Crippen molar-refractivity contribution >= 4 is 23.1 Å². The van der Waals surface area contributed by atoms with Crippen LogP contribution in [0.1, 0.15) is 56.2 Å². The minimum atomic E-state index is -4.47. The summed E-state index contributed by atoms with van der Waals surface area (Å²) in [6, 6.07) is 0.144. The van der Waals surface area contributed by atoms with Crippen LogP contribution in [-0.2, 0) is 6.18 Å². The number of rotatable bonds is 7. The molecule has 1 aromatic rings. The Hall–Kier alpha value is -1.65. The zero-order chi connectivity index (χ0) is 20.1.